The average Bonchev–Trinajstić information content (AvgIpc) is 3.18. The lowest BCUT2D eigenvalue weighted by atomic mass is 10.1. The molecule has 148 valence electrons. The Morgan fingerprint density at radius 1 is 1.21 bits per heavy atom. The Morgan fingerprint density at radius 2 is 1.97 bits per heavy atom. The molecule has 3 aromatic rings. The van der Waals surface area contributed by atoms with Crippen LogP contribution in [-0.4, -0.2) is 17.7 Å². The Morgan fingerprint density at radius 3 is 2.62 bits per heavy atom. The number of allylic oxidation sites excluding steroid dienone is 1. The summed E-state index contributed by atoms with van der Waals surface area (Å²) in [5.74, 6) is 1.35. The first-order chi connectivity index (χ1) is 14.0. The van der Waals surface area contributed by atoms with Crippen LogP contribution in [0.25, 0.3) is 22.9 Å². The zero-order valence-corrected chi connectivity index (χ0v) is 18.1. The van der Waals surface area contributed by atoms with Crippen molar-refractivity contribution < 1.29 is 9.47 Å². The number of nitriles is 1. The summed E-state index contributed by atoms with van der Waals surface area (Å²) in [5.41, 5.74) is 3.13. The molecule has 6 heteroatoms. The van der Waals surface area contributed by atoms with Gasteiger partial charge < -0.3 is 9.47 Å². The van der Waals surface area contributed by atoms with Gasteiger partial charge in [0.2, 0.25) is 0 Å². The van der Waals surface area contributed by atoms with E-state index >= 15 is 0 Å². The van der Waals surface area contributed by atoms with E-state index in [1.165, 1.54) is 11.3 Å². The maximum absolute atomic E-state index is 9.68. The van der Waals surface area contributed by atoms with Gasteiger partial charge in [0.25, 0.3) is 0 Å². The average molecular weight is 425 g/mol. The minimum atomic E-state index is 0.0480. The molecule has 1 heterocycles. The fourth-order valence-corrected chi connectivity index (χ4v) is 3.61. The third kappa shape index (κ3) is 5.38. The highest BCUT2D eigenvalue weighted by Gasteiger charge is 2.11. The van der Waals surface area contributed by atoms with E-state index in [4.69, 9.17) is 21.1 Å². The first-order valence-electron chi connectivity index (χ1n) is 9.27. The third-order valence-electron chi connectivity index (χ3n) is 3.94. The normalized spacial score (nSPS) is 11.4. The van der Waals surface area contributed by atoms with Crippen molar-refractivity contribution in [2.24, 2.45) is 0 Å². The fraction of sp³-hybridized carbons (Fsp3) is 0.217. The van der Waals surface area contributed by atoms with Gasteiger partial charge in [-0.25, -0.2) is 4.98 Å². The number of aromatic nitrogens is 1. The monoisotopic (exact) mass is 424 g/mol. The van der Waals surface area contributed by atoms with Crippen molar-refractivity contribution in [3.63, 3.8) is 0 Å². The van der Waals surface area contributed by atoms with Crippen LogP contribution in [0.15, 0.2) is 47.8 Å². The number of nitrogens with zero attached hydrogens (tertiary/aromatic N) is 2. The second-order valence-corrected chi connectivity index (χ2v) is 7.81. The van der Waals surface area contributed by atoms with E-state index in [0.717, 1.165) is 16.8 Å². The zero-order valence-electron chi connectivity index (χ0n) is 16.5. The Hall–Kier alpha value is -2.81. The second kappa shape index (κ2) is 9.60. The number of hydrogen-bond acceptors (Lipinski definition) is 5. The van der Waals surface area contributed by atoms with Gasteiger partial charge in [-0.05, 0) is 56.7 Å². The molecule has 0 atom stereocenters. The lowest BCUT2D eigenvalue weighted by Gasteiger charge is -2.15. The molecular formula is C23H21ClN2O2S. The molecule has 0 spiro atoms. The molecule has 4 nitrogen and oxygen atoms in total. The topological polar surface area (TPSA) is 55.1 Å². The predicted octanol–water partition coefficient (Wildman–Crippen LogP) is 6.71. The highest BCUT2D eigenvalue weighted by Crippen LogP contribution is 2.32. The lowest BCUT2D eigenvalue weighted by molar-refractivity contribution is 0.224. The Balaban J connectivity index is 1.91. The van der Waals surface area contributed by atoms with Crippen molar-refractivity contribution in [1.82, 2.24) is 4.98 Å². The van der Waals surface area contributed by atoms with Crippen molar-refractivity contribution in [2.75, 3.05) is 6.61 Å². The molecule has 0 amide bonds. The van der Waals surface area contributed by atoms with E-state index in [-0.39, 0.29) is 6.10 Å². The van der Waals surface area contributed by atoms with Gasteiger partial charge in [-0.2, -0.15) is 5.26 Å². The van der Waals surface area contributed by atoms with Crippen LogP contribution in [0.2, 0.25) is 5.02 Å². The Labute approximate surface area is 180 Å². The summed E-state index contributed by atoms with van der Waals surface area (Å²) in [6, 6.07) is 15.4. The van der Waals surface area contributed by atoms with Gasteiger partial charge in [0.05, 0.1) is 24.0 Å². The quantitative estimate of drug-likeness (QED) is 0.395. The fourth-order valence-electron chi connectivity index (χ4n) is 2.69. The SMILES string of the molecule is CCOc1cc(/C=C(/C#N)c2nc(-c3ccc(Cl)cc3)cs2)ccc1OC(C)C. The number of halogens is 1. The van der Waals surface area contributed by atoms with Crippen LogP contribution in [0.3, 0.4) is 0 Å². The molecule has 3 rings (SSSR count). The molecule has 0 aliphatic heterocycles. The summed E-state index contributed by atoms with van der Waals surface area (Å²) in [5, 5.41) is 13.0. The second-order valence-electron chi connectivity index (χ2n) is 6.52. The summed E-state index contributed by atoms with van der Waals surface area (Å²) >= 11 is 7.39. The van der Waals surface area contributed by atoms with Crippen LogP contribution in [0.1, 0.15) is 31.3 Å². The zero-order chi connectivity index (χ0) is 20.8. The van der Waals surface area contributed by atoms with Gasteiger partial charge >= 0.3 is 0 Å². The van der Waals surface area contributed by atoms with E-state index in [1.54, 1.807) is 0 Å². The van der Waals surface area contributed by atoms with E-state index in [2.05, 4.69) is 11.1 Å². The number of thiazole rings is 1. The van der Waals surface area contributed by atoms with Gasteiger partial charge in [-0.3, -0.25) is 0 Å². The van der Waals surface area contributed by atoms with Crippen LogP contribution in [-0.2, 0) is 0 Å². The molecule has 29 heavy (non-hydrogen) atoms. The number of ether oxygens (including phenoxy) is 2. The van der Waals surface area contributed by atoms with Crippen molar-refractivity contribution in [3.05, 3.63) is 63.4 Å². The Kier molecular flexibility index (Phi) is 6.92. The maximum atomic E-state index is 9.68. The Bertz CT molecular complexity index is 1050. The molecule has 0 N–H and O–H groups in total. The minimum absolute atomic E-state index is 0.0480. The van der Waals surface area contributed by atoms with Crippen LogP contribution < -0.4 is 9.47 Å². The molecule has 0 unspecified atom stereocenters. The molecule has 0 fully saturated rings. The van der Waals surface area contributed by atoms with Gasteiger partial charge in [0.1, 0.15) is 11.1 Å². The van der Waals surface area contributed by atoms with Gasteiger partial charge in [0, 0.05) is 16.0 Å². The summed E-state index contributed by atoms with van der Waals surface area (Å²) in [6.07, 6.45) is 1.86. The van der Waals surface area contributed by atoms with Crippen LogP contribution in [0.5, 0.6) is 11.5 Å². The molecule has 2 aromatic carbocycles. The number of benzene rings is 2. The van der Waals surface area contributed by atoms with Crippen LogP contribution in [0, 0.1) is 11.3 Å². The maximum Gasteiger partial charge on any atom is 0.161 e. The van der Waals surface area contributed by atoms with Gasteiger partial charge in [-0.15, -0.1) is 11.3 Å². The van der Waals surface area contributed by atoms with Crippen LogP contribution in [0.4, 0.5) is 0 Å². The predicted molar refractivity (Wildman–Crippen MR) is 119 cm³/mol. The van der Waals surface area contributed by atoms with Crippen molar-refractivity contribution in [3.8, 4) is 28.8 Å². The molecule has 0 aliphatic rings. The van der Waals surface area contributed by atoms with E-state index in [1.807, 2.05) is 74.7 Å². The minimum Gasteiger partial charge on any atom is -0.490 e. The molecule has 1 aromatic heterocycles. The summed E-state index contributed by atoms with van der Waals surface area (Å²) in [7, 11) is 0. The molecule has 0 radical (unpaired) electrons. The van der Waals surface area contributed by atoms with Crippen molar-refractivity contribution in [1.29, 1.82) is 5.26 Å². The van der Waals surface area contributed by atoms with E-state index in [0.29, 0.717) is 33.7 Å². The summed E-state index contributed by atoms with van der Waals surface area (Å²) < 4.78 is 11.5. The van der Waals surface area contributed by atoms with Gasteiger partial charge in [-0.1, -0.05) is 29.8 Å². The van der Waals surface area contributed by atoms with Crippen molar-refractivity contribution >= 4 is 34.6 Å². The first kappa shape index (κ1) is 20.9. The summed E-state index contributed by atoms with van der Waals surface area (Å²) in [4.78, 5) is 4.62. The molecular weight excluding hydrogens is 404 g/mol. The number of rotatable bonds is 7. The lowest BCUT2D eigenvalue weighted by Crippen LogP contribution is -2.07. The third-order valence-corrected chi connectivity index (χ3v) is 5.06. The van der Waals surface area contributed by atoms with E-state index in [9.17, 15) is 5.26 Å². The van der Waals surface area contributed by atoms with E-state index < -0.39 is 0 Å². The van der Waals surface area contributed by atoms with Crippen molar-refractivity contribution in [2.45, 2.75) is 26.9 Å². The summed E-state index contributed by atoms with van der Waals surface area (Å²) in [6.45, 7) is 6.40. The smallest absolute Gasteiger partial charge is 0.161 e. The molecule has 0 saturated heterocycles. The molecule has 0 bridgehead atoms. The largest absolute Gasteiger partial charge is 0.490 e. The highest BCUT2D eigenvalue weighted by molar-refractivity contribution is 7.11. The van der Waals surface area contributed by atoms with Crippen LogP contribution >= 0.6 is 22.9 Å². The highest BCUT2D eigenvalue weighted by atomic mass is 35.5. The molecule has 0 aliphatic carbocycles. The van der Waals surface area contributed by atoms with Gasteiger partial charge in [0.15, 0.2) is 11.5 Å². The number of hydrogen-bond donors (Lipinski definition) is 0. The standard InChI is InChI=1S/C23H21ClN2O2S/c1-4-27-22-12-16(5-10-21(22)28-15(2)3)11-18(13-25)23-26-20(14-29-23)17-6-8-19(24)9-7-17/h5-12,14-15H,4H2,1-3H3/b18-11-. The first-order valence-corrected chi connectivity index (χ1v) is 10.5. The molecule has 0 saturated carbocycles.